The van der Waals surface area contributed by atoms with Crippen LogP contribution in [0.3, 0.4) is 0 Å². The molecule has 1 aromatic rings. The van der Waals surface area contributed by atoms with Crippen LogP contribution in [0, 0.1) is 11.3 Å². The van der Waals surface area contributed by atoms with Gasteiger partial charge < -0.3 is 10.1 Å². The van der Waals surface area contributed by atoms with Crippen LogP contribution in [0.4, 0.5) is 5.69 Å². The molecule has 1 rings (SSSR count). The van der Waals surface area contributed by atoms with Crippen molar-refractivity contribution in [3.05, 3.63) is 29.8 Å². The number of rotatable bonds is 5. The van der Waals surface area contributed by atoms with Crippen LogP contribution in [0.1, 0.15) is 25.8 Å². The molecule has 0 amide bonds. The minimum Gasteiger partial charge on any atom is -0.464 e. The molecule has 0 fully saturated rings. The Bertz CT molecular complexity index is 406. The third kappa shape index (κ3) is 3.80. The molecule has 0 spiro atoms. The summed E-state index contributed by atoms with van der Waals surface area (Å²) >= 11 is 0. The van der Waals surface area contributed by atoms with Crippen molar-refractivity contribution in [3.63, 3.8) is 0 Å². The number of ether oxygens (including phenoxy) is 1. The Kier molecular flexibility index (Phi) is 5.02. The normalized spacial score (nSPS) is 11.4. The van der Waals surface area contributed by atoms with Crippen molar-refractivity contribution in [1.82, 2.24) is 0 Å². The number of carbonyl (C=O) groups excluding carboxylic acids is 1. The maximum absolute atomic E-state index is 11.6. The number of hydrogen-bond donors (Lipinski definition) is 1. The van der Waals surface area contributed by atoms with E-state index in [1.165, 1.54) is 0 Å². The first-order valence-electron chi connectivity index (χ1n) is 5.64. The van der Waals surface area contributed by atoms with E-state index in [4.69, 9.17) is 10.00 Å². The summed E-state index contributed by atoms with van der Waals surface area (Å²) in [5.41, 5.74) is 1.41. The monoisotopic (exact) mass is 232 g/mol. The maximum Gasteiger partial charge on any atom is 0.328 e. The van der Waals surface area contributed by atoms with Gasteiger partial charge in [-0.1, -0.05) is 6.92 Å². The molecule has 1 N–H and O–H groups in total. The molecule has 0 saturated carbocycles. The summed E-state index contributed by atoms with van der Waals surface area (Å²) in [4.78, 5) is 11.6. The van der Waals surface area contributed by atoms with E-state index in [2.05, 4.69) is 5.32 Å². The van der Waals surface area contributed by atoms with Gasteiger partial charge in [0.2, 0.25) is 0 Å². The van der Waals surface area contributed by atoms with Crippen LogP contribution in [0.15, 0.2) is 24.3 Å². The number of benzene rings is 1. The van der Waals surface area contributed by atoms with Crippen LogP contribution in [0.5, 0.6) is 0 Å². The Morgan fingerprint density at radius 3 is 2.53 bits per heavy atom. The van der Waals surface area contributed by atoms with Crippen molar-refractivity contribution in [2.75, 3.05) is 11.9 Å². The second-order valence-corrected chi connectivity index (χ2v) is 3.55. The lowest BCUT2D eigenvalue weighted by Crippen LogP contribution is -2.30. The van der Waals surface area contributed by atoms with Gasteiger partial charge in [0.05, 0.1) is 18.2 Å². The van der Waals surface area contributed by atoms with Gasteiger partial charge in [0, 0.05) is 5.69 Å². The van der Waals surface area contributed by atoms with Crippen LogP contribution < -0.4 is 5.32 Å². The Morgan fingerprint density at radius 2 is 2.06 bits per heavy atom. The van der Waals surface area contributed by atoms with Gasteiger partial charge in [-0.15, -0.1) is 0 Å². The number of nitrogens with one attached hydrogen (secondary N) is 1. The summed E-state index contributed by atoms with van der Waals surface area (Å²) in [6.07, 6.45) is 0.652. The molecule has 0 aromatic heterocycles. The molecule has 1 unspecified atom stereocenters. The third-order valence-corrected chi connectivity index (χ3v) is 2.33. The molecule has 4 nitrogen and oxygen atoms in total. The summed E-state index contributed by atoms with van der Waals surface area (Å²) in [5.74, 6) is -0.251. The first-order chi connectivity index (χ1) is 8.21. The molecule has 0 saturated heterocycles. The van der Waals surface area contributed by atoms with Crippen LogP contribution >= 0.6 is 0 Å². The second kappa shape index (κ2) is 6.54. The van der Waals surface area contributed by atoms with Crippen molar-refractivity contribution in [1.29, 1.82) is 5.26 Å². The molecular weight excluding hydrogens is 216 g/mol. The zero-order valence-electron chi connectivity index (χ0n) is 10.1. The van der Waals surface area contributed by atoms with Gasteiger partial charge in [-0.25, -0.2) is 4.79 Å². The summed E-state index contributed by atoms with van der Waals surface area (Å²) < 4.78 is 4.96. The van der Waals surface area contributed by atoms with E-state index in [0.29, 0.717) is 18.6 Å². The van der Waals surface area contributed by atoms with E-state index in [1.807, 2.05) is 13.0 Å². The summed E-state index contributed by atoms with van der Waals surface area (Å²) in [5, 5.41) is 11.8. The Balaban J connectivity index is 2.67. The molecule has 90 valence electrons. The average molecular weight is 232 g/mol. The Labute approximate surface area is 101 Å². The number of anilines is 1. The predicted octanol–water partition coefficient (Wildman–Crippen LogP) is 2.31. The number of nitrogens with zero attached hydrogens (tertiary/aromatic N) is 1. The predicted molar refractivity (Wildman–Crippen MR) is 65.5 cm³/mol. The number of nitriles is 1. The lowest BCUT2D eigenvalue weighted by molar-refractivity contribution is -0.144. The van der Waals surface area contributed by atoms with Crippen molar-refractivity contribution < 1.29 is 9.53 Å². The van der Waals surface area contributed by atoms with Crippen LogP contribution in [-0.4, -0.2) is 18.6 Å². The molecule has 17 heavy (non-hydrogen) atoms. The minimum absolute atomic E-state index is 0.251. The van der Waals surface area contributed by atoms with E-state index in [-0.39, 0.29) is 12.0 Å². The van der Waals surface area contributed by atoms with Gasteiger partial charge in [0.15, 0.2) is 0 Å². The van der Waals surface area contributed by atoms with Gasteiger partial charge in [-0.3, -0.25) is 0 Å². The van der Waals surface area contributed by atoms with E-state index in [9.17, 15) is 4.79 Å². The van der Waals surface area contributed by atoms with E-state index in [1.54, 1.807) is 31.2 Å². The zero-order chi connectivity index (χ0) is 12.7. The lowest BCUT2D eigenvalue weighted by atomic mass is 10.2. The Morgan fingerprint density at radius 1 is 1.41 bits per heavy atom. The fraction of sp³-hybridized carbons (Fsp3) is 0.385. The molecule has 1 aromatic carbocycles. The largest absolute Gasteiger partial charge is 0.464 e. The number of esters is 1. The second-order valence-electron chi connectivity index (χ2n) is 3.55. The molecule has 0 aliphatic heterocycles. The fourth-order valence-corrected chi connectivity index (χ4v) is 1.41. The highest BCUT2D eigenvalue weighted by Crippen LogP contribution is 2.12. The van der Waals surface area contributed by atoms with Crippen molar-refractivity contribution in [3.8, 4) is 6.07 Å². The van der Waals surface area contributed by atoms with Crippen LogP contribution in [0.25, 0.3) is 0 Å². The van der Waals surface area contributed by atoms with E-state index >= 15 is 0 Å². The highest BCUT2D eigenvalue weighted by Gasteiger charge is 2.16. The van der Waals surface area contributed by atoms with Crippen molar-refractivity contribution in [2.45, 2.75) is 26.3 Å². The van der Waals surface area contributed by atoms with E-state index in [0.717, 1.165) is 5.69 Å². The fourth-order valence-electron chi connectivity index (χ4n) is 1.41. The lowest BCUT2D eigenvalue weighted by Gasteiger charge is -2.16. The first-order valence-corrected chi connectivity index (χ1v) is 5.64. The molecule has 0 aliphatic rings. The van der Waals surface area contributed by atoms with Crippen LogP contribution in [-0.2, 0) is 9.53 Å². The maximum atomic E-state index is 11.6. The smallest absolute Gasteiger partial charge is 0.328 e. The molecule has 0 bridgehead atoms. The highest BCUT2D eigenvalue weighted by molar-refractivity contribution is 5.79. The van der Waals surface area contributed by atoms with Gasteiger partial charge in [0.1, 0.15) is 6.04 Å². The topological polar surface area (TPSA) is 62.1 Å². The zero-order valence-corrected chi connectivity index (χ0v) is 10.1. The molecule has 0 aliphatic carbocycles. The third-order valence-electron chi connectivity index (χ3n) is 2.33. The molecule has 1 atom stereocenters. The van der Waals surface area contributed by atoms with Gasteiger partial charge in [0.25, 0.3) is 0 Å². The average Bonchev–Trinajstić information content (AvgIpc) is 2.37. The quantitative estimate of drug-likeness (QED) is 0.791. The van der Waals surface area contributed by atoms with E-state index < -0.39 is 0 Å². The number of carbonyl (C=O) groups is 1. The van der Waals surface area contributed by atoms with Gasteiger partial charge >= 0.3 is 5.97 Å². The van der Waals surface area contributed by atoms with Crippen LogP contribution in [0.2, 0.25) is 0 Å². The summed E-state index contributed by atoms with van der Waals surface area (Å²) in [6.45, 7) is 4.08. The summed E-state index contributed by atoms with van der Waals surface area (Å²) in [7, 11) is 0. The van der Waals surface area contributed by atoms with Gasteiger partial charge in [-0.05, 0) is 37.6 Å². The minimum atomic E-state index is -0.345. The first kappa shape index (κ1) is 13.0. The molecular formula is C13H16N2O2. The van der Waals surface area contributed by atoms with Gasteiger partial charge in [-0.2, -0.15) is 5.26 Å². The number of hydrogen-bond acceptors (Lipinski definition) is 4. The highest BCUT2D eigenvalue weighted by atomic mass is 16.5. The SMILES string of the molecule is CCOC(=O)C(CC)Nc1ccc(C#N)cc1. The Hall–Kier alpha value is -2.02. The van der Waals surface area contributed by atoms with Crippen molar-refractivity contribution in [2.24, 2.45) is 0 Å². The molecule has 4 heteroatoms. The van der Waals surface area contributed by atoms with Crippen molar-refractivity contribution >= 4 is 11.7 Å². The summed E-state index contributed by atoms with van der Waals surface area (Å²) in [6, 6.07) is 8.67. The molecule has 0 heterocycles. The molecule has 0 radical (unpaired) electrons. The standard InChI is InChI=1S/C13H16N2O2/c1-3-12(13(16)17-4-2)15-11-7-5-10(9-14)6-8-11/h5-8,12,15H,3-4H2,1-2H3.